The van der Waals surface area contributed by atoms with E-state index in [9.17, 15) is 4.79 Å². The Hall–Kier alpha value is -0.610. The lowest BCUT2D eigenvalue weighted by atomic mass is 10.0. The fraction of sp³-hybridized carbons (Fsp3) is 0.923. The average molecular weight is 239 g/mol. The Balaban J connectivity index is 1.60. The minimum absolute atomic E-state index is 0.00400. The van der Waals surface area contributed by atoms with Crippen molar-refractivity contribution in [3.05, 3.63) is 0 Å². The number of aliphatic hydroxyl groups is 1. The predicted octanol–water partition coefficient (Wildman–Crippen LogP) is 0.641. The molecule has 0 radical (unpaired) electrons. The van der Waals surface area contributed by atoms with Crippen LogP contribution in [0.2, 0.25) is 0 Å². The Labute approximate surface area is 102 Å². The van der Waals surface area contributed by atoms with E-state index in [1.807, 2.05) is 11.8 Å². The fourth-order valence-corrected chi connectivity index (χ4v) is 3.50. The third kappa shape index (κ3) is 2.20. The Bertz CT molecular complexity index is 310. The van der Waals surface area contributed by atoms with Gasteiger partial charge < -0.3 is 14.7 Å². The number of carbonyl (C=O) groups excluding carboxylic acids is 1. The van der Waals surface area contributed by atoms with E-state index in [4.69, 9.17) is 9.84 Å². The summed E-state index contributed by atoms with van der Waals surface area (Å²) in [6, 6.07) is 0. The number of nitrogens with zero attached hydrogens (tertiary/aromatic N) is 1. The first-order valence-electron chi connectivity index (χ1n) is 6.72. The molecule has 4 nitrogen and oxygen atoms in total. The van der Waals surface area contributed by atoms with E-state index in [2.05, 4.69) is 0 Å². The Kier molecular flexibility index (Phi) is 2.87. The number of carbonyl (C=O) groups is 1. The van der Waals surface area contributed by atoms with Crippen molar-refractivity contribution in [3.63, 3.8) is 0 Å². The molecule has 0 aromatic rings. The number of amides is 1. The molecular formula is C13H21NO3. The van der Waals surface area contributed by atoms with E-state index in [1.54, 1.807) is 0 Å². The summed E-state index contributed by atoms with van der Waals surface area (Å²) in [6.45, 7) is 3.21. The van der Waals surface area contributed by atoms with Crippen LogP contribution in [0.5, 0.6) is 0 Å². The van der Waals surface area contributed by atoms with Gasteiger partial charge in [0, 0.05) is 19.0 Å². The van der Waals surface area contributed by atoms with Crippen LogP contribution in [0.25, 0.3) is 0 Å². The van der Waals surface area contributed by atoms with Gasteiger partial charge in [-0.25, -0.2) is 0 Å². The van der Waals surface area contributed by atoms with Gasteiger partial charge in [-0.15, -0.1) is 0 Å². The Morgan fingerprint density at radius 3 is 2.65 bits per heavy atom. The summed E-state index contributed by atoms with van der Waals surface area (Å²) in [5.74, 6) is 2.24. The van der Waals surface area contributed by atoms with Gasteiger partial charge in [0.2, 0.25) is 5.91 Å². The van der Waals surface area contributed by atoms with E-state index in [0.29, 0.717) is 19.0 Å². The van der Waals surface area contributed by atoms with Crippen molar-refractivity contribution in [1.82, 2.24) is 4.90 Å². The molecule has 4 unspecified atom stereocenters. The molecule has 0 spiro atoms. The quantitative estimate of drug-likeness (QED) is 0.769. The van der Waals surface area contributed by atoms with E-state index < -0.39 is 0 Å². The second kappa shape index (κ2) is 4.25. The summed E-state index contributed by atoms with van der Waals surface area (Å²) in [5.41, 5.74) is 0. The van der Waals surface area contributed by atoms with E-state index in [1.165, 1.54) is 6.42 Å². The number of fused-ring (bicyclic) bond motifs is 1. The summed E-state index contributed by atoms with van der Waals surface area (Å²) in [7, 11) is 0. The third-order valence-corrected chi connectivity index (χ3v) is 4.43. The van der Waals surface area contributed by atoms with Crippen LogP contribution in [0, 0.1) is 17.8 Å². The zero-order valence-electron chi connectivity index (χ0n) is 10.3. The molecule has 0 aromatic carbocycles. The molecule has 4 heteroatoms. The van der Waals surface area contributed by atoms with Crippen molar-refractivity contribution >= 4 is 5.91 Å². The monoisotopic (exact) mass is 239 g/mol. The van der Waals surface area contributed by atoms with Gasteiger partial charge in [-0.05, 0) is 38.0 Å². The standard InChI is InChI=1S/C13H21NO3/c1-8-5-14(6-12(7-15)17-8)13(16)11-3-9-2-10(9)4-11/h8-12,15H,2-7H2,1H3. The van der Waals surface area contributed by atoms with E-state index in [-0.39, 0.29) is 24.7 Å². The smallest absolute Gasteiger partial charge is 0.225 e. The maximum absolute atomic E-state index is 12.4. The molecule has 3 rings (SSSR count). The molecule has 17 heavy (non-hydrogen) atoms. The summed E-state index contributed by atoms with van der Waals surface area (Å²) in [5, 5.41) is 9.16. The van der Waals surface area contributed by atoms with Gasteiger partial charge in [-0.3, -0.25) is 4.79 Å². The lowest BCUT2D eigenvalue weighted by molar-refractivity contribution is -0.151. The van der Waals surface area contributed by atoms with Crippen LogP contribution in [0.15, 0.2) is 0 Å². The second-order valence-corrected chi connectivity index (χ2v) is 5.92. The molecule has 1 N–H and O–H groups in total. The topological polar surface area (TPSA) is 49.8 Å². The van der Waals surface area contributed by atoms with Gasteiger partial charge in [0.25, 0.3) is 0 Å². The zero-order chi connectivity index (χ0) is 12.0. The number of hydrogen-bond donors (Lipinski definition) is 1. The molecular weight excluding hydrogens is 218 g/mol. The van der Waals surface area contributed by atoms with Gasteiger partial charge in [-0.1, -0.05) is 0 Å². The zero-order valence-corrected chi connectivity index (χ0v) is 10.3. The molecule has 1 saturated heterocycles. The highest BCUT2D eigenvalue weighted by Gasteiger charge is 2.49. The lowest BCUT2D eigenvalue weighted by Crippen LogP contribution is -2.51. The summed E-state index contributed by atoms with van der Waals surface area (Å²) < 4.78 is 5.56. The number of morpholine rings is 1. The van der Waals surface area contributed by atoms with Crippen molar-refractivity contribution in [2.45, 2.75) is 38.4 Å². The molecule has 1 aliphatic heterocycles. The van der Waals surface area contributed by atoms with Crippen molar-refractivity contribution in [2.24, 2.45) is 17.8 Å². The molecule has 2 aliphatic carbocycles. The number of ether oxygens (including phenoxy) is 1. The Morgan fingerprint density at radius 2 is 2.00 bits per heavy atom. The first-order valence-corrected chi connectivity index (χ1v) is 6.72. The molecule has 4 atom stereocenters. The average Bonchev–Trinajstić information content (AvgIpc) is 2.94. The molecule has 0 bridgehead atoms. The highest BCUT2D eigenvalue weighted by molar-refractivity contribution is 5.79. The van der Waals surface area contributed by atoms with Crippen molar-refractivity contribution in [2.75, 3.05) is 19.7 Å². The largest absolute Gasteiger partial charge is 0.394 e. The van der Waals surface area contributed by atoms with Crippen molar-refractivity contribution in [1.29, 1.82) is 0 Å². The van der Waals surface area contributed by atoms with Crippen LogP contribution < -0.4 is 0 Å². The van der Waals surface area contributed by atoms with E-state index >= 15 is 0 Å². The van der Waals surface area contributed by atoms with Crippen LogP contribution in [0.3, 0.4) is 0 Å². The molecule has 96 valence electrons. The van der Waals surface area contributed by atoms with Crippen LogP contribution in [-0.4, -0.2) is 47.8 Å². The first-order chi connectivity index (χ1) is 8.17. The van der Waals surface area contributed by atoms with Gasteiger partial charge in [-0.2, -0.15) is 0 Å². The molecule has 1 amide bonds. The maximum Gasteiger partial charge on any atom is 0.225 e. The van der Waals surface area contributed by atoms with Gasteiger partial charge >= 0.3 is 0 Å². The normalized spacial score (nSPS) is 44.6. The van der Waals surface area contributed by atoms with Crippen LogP contribution in [-0.2, 0) is 9.53 Å². The lowest BCUT2D eigenvalue weighted by Gasteiger charge is -2.37. The third-order valence-electron chi connectivity index (χ3n) is 4.43. The van der Waals surface area contributed by atoms with Crippen molar-refractivity contribution < 1.29 is 14.6 Å². The molecule has 1 heterocycles. The SMILES string of the molecule is CC1CN(C(=O)C2CC3CC3C2)CC(CO)O1. The Morgan fingerprint density at radius 1 is 1.29 bits per heavy atom. The van der Waals surface area contributed by atoms with Gasteiger partial charge in [0.1, 0.15) is 0 Å². The minimum Gasteiger partial charge on any atom is -0.394 e. The predicted molar refractivity (Wildman–Crippen MR) is 62.3 cm³/mol. The molecule has 2 saturated carbocycles. The minimum atomic E-state index is -0.196. The second-order valence-electron chi connectivity index (χ2n) is 5.92. The summed E-state index contributed by atoms with van der Waals surface area (Å²) in [6.07, 6.45) is 3.39. The maximum atomic E-state index is 12.4. The van der Waals surface area contributed by atoms with Crippen LogP contribution >= 0.6 is 0 Å². The highest BCUT2D eigenvalue weighted by atomic mass is 16.5. The number of rotatable bonds is 2. The molecule has 3 aliphatic rings. The fourth-order valence-electron chi connectivity index (χ4n) is 3.50. The van der Waals surface area contributed by atoms with Gasteiger partial charge in [0.15, 0.2) is 0 Å². The molecule has 0 aromatic heterocycles. The van der Waals surface area contributed by atoms with Crippen molar-refractivity contribution in [3.8, 4) is 0 Å². The summed E-state index contributed by atoms with van der Waals surface area (Å²) in [4.78, 5) is 14.3. The van der Waals surface area contributed by atoms with E-state index in [0.717, 1.165) is 24.7 Å². The number of hydrogen-bond acceptors (Lipinski definition) is 3. The van der Waals surface area contributed by atoms with Crippen LogP contribution in [0.4, 0.5) is 0 Å². The number of aliphatic hydroxyl groups excluding tert-OH is 1. The van der Waals surface area contributed by atoms with Gasteiger partial charge in [0.05, 0.1) is 18.8 Å². The first kappa shape index (κ1) is 11.5. The highest BCUT2D eigenvalue weighted by Crippen LogP contribution is 2.54. The molecule has 3 fully saturated rings. The summed E-state index contributed by atoms with van der Waals surface area (Å²) >= 11 is 0. The van der Waals surface area contributed by atoms with Crippen LogP contribution in [0.1, 0.15) is 26.2 Å².